The second-order valence-corrected chi connectivity index (χ2v) is 11.1. The Morgan fingerprint density at radius 1 is 0.923 bits per heavy atom. The molecule has 0 fully saturated rings. The first kappa shape index (κ1) is 29.2. The molecule has 1 amide bonds. The molecule has 0 saturated carbocycles. The first-order chi connectivity index (χ1) is 18.5. The van der Waals surface area contributed by atoms with Crippen molar-refractivity contribution in [1.82, 2.24) is 5.43 Å². The van der Waals surface area contributed by atoms with E-state index in [0.717, 1.165) is 4.31 Å². The van der Waals surface area contributed by atoms with Gasteiger partial charge in [0.1, 0.15) is 23.6 Å². The Bertz CT molecular complexity index is 1380. The molecule has 10 nitrogen and oxygen atoms in total. The number of hydrogen-bond donors (Lipinski definition) is 1. The van der Waals surface area contributed by atoms with Crippen LogP contribution >= 0.6 is 0 Å². The highest BCUT2D eigenvalue weighted by Gasteiger charge is 2.27. The number of para-hydroxylation sites is 1. The van der Waals surface area contributed by atoms with Crippen LogP contribution in [0, 0.1) is 0 Å². The zero-order valence-electron chi connectivity index (χ0n) is 22.2. The maximum atomic E-state index is 13.4. The van der Waals surface area contributed by atoms with Crippen molar-refractivity contribution in [2.45, 2.75) is 31.3 Å². The molecule has 39 heavy (non-hydrogen) atoms. The van der Waals surface area contributed by atoms with Crippen molar-refractivity contribution in [2.75, 3.05) is 24.6 Å². The largest absolute Gasteiger partial charge is 0.497 e. The summed E-state index contributed by atoms with van der Waals surface area (Å²) in [5, 5.41) is 3.93. The highest BCUT2D eigenvalue weighted by Crippen LogP contribution is 2.25. The van der Waals surface area contributed by atoms with Crippen LogP contribution in [0.4, 0.5) is 5.69 Å². The van der Waals surface area contributed by atoms with E-state index in [4.69, 9.17) is 14.2 Å². The molecule has 0 aromatic heterocycles. The average Bonchev–Trinajstić information content (AvgIpc) is 2.91. The molecular weight excluding hydrogens is 522 g/mol. The molecule has 0 unspecified atom stereocenters. The Morgan fingerprint density at radius 2 is 1.54 bits per heavy atom. The van der Waals surface area contributed by atoms with Crippen molar-refractivity contribution < 1.29 is 32.2 Å². The Kier molecular flexibility index (Phi) is 9.67. The quantitative estimate of drug-likeness (QED) is 0.218. The lowest BCUT2D eigenvalue weighted by atomic mass is 10.2. The summed E-state index contributed by atoms with van der Waals surface area (Å²) in [6.07, 6.45) is 1.40. The number of methoxy groups -OCH3 is 1. The van der Waals surface area contributed by atoms with E-state index in [9.17, 15) is 18.0 Å². The molecule has 0 aliphatic rings. The molecule has 11 heteroatoms. The summed E-state index contributed by atoms with van der Waals surface area (Å²) >= 11 is 0. The SMILES string of the molecule is COc1ccc(S(=O)(=O)N(CC(=O)N/N=C\c2ccc(OCC(=O)OC(C)(C)C)cc2)c2ccccc2)cc1. The van der Waals surface area contributed by atoms with Crippen molar-refractivity contribution >= 4 is 33.8 Å². The summed E-state index contributed by atoms with van der Waals surface area (Å²) in [6, 6.07) is 20.9. The number of carbonyl (C=O) groups is 2. The average molecular weight is 554 g/mol. The lowest BCUT2D eigenvalue weighted by Gasteiger charge is -2.23. The molecule has 3 rings (SSSR count). The molecule has 0 heterocycles. The van der Waals surface area contributed by atoms with E-state index in [1.807, 2.05) is 0 Å². The summed E-state index contributed by atoms with van der Waals surface area (Å²) in [6.45, 7) is 4.61. The second kappa shape index (κ2) is 12.9. The Hall–Kier alpha value is -4.38. The number of amides is 1. The van der Waals surface area contributed by atoms with E-state index >= 15 is 0 Å². The standard InChI is InChI=1S/C28H31N3O7S/c1-28(2,3)38-27(33)20-37-24-12-10-21(11-13-24)18-29-30-26(32)19-31(22-8-6-5-7-9-22)39(34,35)25-16-14-23(36-4)15-17-25/h5-18H,19-20H2,1-4H3,(H,30,32)/b29-18-. The fourth-order valence-electron chi connectivity index (χ4n) is 3.29. The Labute approximate surface area is 228 Å². The van der Waals surface area contributed by atoms with Crippen LogP contribution in [0.1, 0.15) is 26.3 Å². The lowest BCUT2D eigenvalue weighted by Crippen LogP contribution is -2.39. The van der Waals surface area contributed by atoms with Gasteiger partial charge in [0.25, 0.3) is 15.9 Å². The number of esters is 1. The monoisotopic (exact) mass is 553 g/mol. The number of sulfonamides is 1. The molecule has 3 aromatic rings. The smallest absolute Gasteiger partial charge is 0.344 e. The van der Waals surface area contributed by atoms with Gasteiger partial charge in [-0.1, -0.05) is 18.2 Å². The van der Waals surface area contributed by atoms with Gasteiger partial charge >= 0.3 is 5.97 Å². The van der Waals surface area contributed by atoms with Crippen LogP contribution in [0.5, 0.6) is 11.5 Å². The molecule has 0 atom stereocenters. The minimum atomic E-state index is -4.06. The van der Waals surface area contributed by atoms with Crippen molar-refractivity contribution in [3.8, 4) is 11.5 Å². The Balaban J connectivity index is 1.63. The summed E-state index contributed by atoms with van der Waals surface area (Å²) in [5.41, 5.74) is 2.74. The molecule has 206 valence electrons. The summed E-state index contributed by atoms with van der Waals surface area (Å²) in [5.74, 6) is -0.141. The van der Waals surface area contributed by atoms with Crippen molar-refractivity contribution in [1.29, 1.82) is 0 Å². The van der Waals surface area contributed by atoms with Crippen LogP contribution in [0.15, 0.2) is 88.9 Å². The summed E-state index contributed by atoms with van der Waals surface area (Å²) in [4.78, 5) is 24.5. The topological polar surface area (TPSA) is 124 Å². The molecule has 0 aliphatic heterocycles. The number of rotatable bonds is 11. The summed E-state index contributed by atoms with van der Waals surface area (Å²) < 4.78 is 43.5. The predicted octanol–water partition coefficient (Wildman–Crippen LogP) is 3.76. The van der Waals surface area contributed by atoms with E-state index in [1.54, 1.807) is 75.4 Å². The minimum absolute atomic E-state index is 0.0115. The first-order valence-corrected chi connectivity index (χ1v) is 13.4. The van der Waals surface area contributed by atoms with Gasteiger partial charge in [-0.25, -0.2) is 18.6 Å². The first-order valence-electron chi connectivity index (χ1n) is 12.0. The molecule has 0 aliphatic carbocycles. The Morgan fingerprint density at radius 3 is 2.13 bits per heavy atom. The maximum Gasteiger partial charge on any atom is 0.344 e. The number of hydrogen-bond acceptors (Lipinski definition) is 8. The van der Waals surface area contributed by atoms with Gasteiger partial charge in [-0.2, -0.15) is 5.10 Å². The van der Waals surface area contributed by atoms with Gasteiger partial charge in [-0.15, -0.1) is 0 Å². The number of nitrogens with one attached hydrogen (secondary N) is 1. The van der Waals surface area contributed by atoms with Crippen LogP contribution in [0.3, 0.4) is 0 Å². The zero-order chi connectivity index (χ0) is 28.5. The lowest BCUT2D eigenvalue weighted by molar-refractivity contribution is -0.157. The van der Waals surface area contributed by atoms with Gasteiger partial charge in [-0.05, 0) is 87.0 Å². The fourth-order valence-corrected chi connectivity index (χ4v) is 4.71. The van der Waals surface area contributed by atoms with Gasteiger partial charge in [-0.3, -0.25) is 9.10 Å². The number of benzene rings is 3. The molecule has 0 radical (unpaired) electrons. The van der Waals surface area contributed by atoms with Crippen molar-refractivity contribution in [3.63, 3.8) is 0 Å². The molecule has 0 bridgehead atoms. The molecule has 3 aromatic carbocycles. The minimum Gasteiger partial charge on any atom is -0.497 e. The maximum absolute atomic E-state index is 13.4. The van der Waals surface area contributed by atoms with Crippen LogP contribution in [0.25, 0.3) is 0 Å². The number of hydrazone groups is 1. The number of nitrogens with zero attached hydrogens (tertiary/aromatic N) is 2. The third-order valence-electron chi connectivity index (χ3n) is 5.04. The highest BCUT2D eigenvalue weighted by atomic mass is 32.2. The van der Waals surface area contributed by atoms with Crippen LogP contribution in [-0.4, -0.2) is 52.4 Å². The molecule has 0 spiro atoms. The van der Waals surface area contributed by atoms with E-state index in [2.05, 4.69) is 10.5 Å². The molecule has 0 saturated heterocycles. The van der Waals surface area contributed by atoms with E-state index in [1.165, 1.54) is 37.6 Å². The number of anilines is 1. The third-order valence-corrected chi connectivity index (χ3v) is 6.83. The van der Waals surface area contributed by atoms with Gasteiger partial charge in [0.05, 0.1) is 23.9 Å². The van der Waals surface area contributed by atoms with Gasteiger partial charge in [0, 0.05) is 0 Å². The molecular formula is C28H31N3O7S. The van der Waals surface area contributed by atoms with Crippen LogP contribution in [0.2, 0.25) is 0 Å². The van der Waals surface area contributed by atoms with Crippen LogP contribution in [-0.2, 0) is 24.3 Å². The van der Waals surface area contributed by atoms with E-state index in [-0.39, 0.29) is 11.5 Å². The second-order valence-electron chi connectivity index (χ2n) is 9.26. The number of ether oxygens (including phenoxy) is 3. The van der Waals surface area contributed by atoms with Crippen LogP contribution < -0.4 is 19.2 Å². The van der Waals surface area contributed by atoms with Crippen molar-refractivity contribution in [2.24, 2.45) is 5.10 Å². The van der Waals surface area contributed by atoms with E-state index < -0.39 is 34.0 Å². The highest BCUT2D eigenvalue weighted by molar-refractivity contribution is 7.92. The van der Waals surface area contributed by atoms with Gasteiger partial charge < -0.3 is 14.2 Å². The fraction of sp³-hybridized carbons (Fsp3) is 0.250. The zero-order valence-corrected chi connectivity index (χ0v) is 23.0. The van der Waals surface area contributed by atoms with Gasteiger partial charge in [0.2, 0.25) is 0 Å². The third kappa shape index (κ3) is 8.85. The van der Waals surface area contributed by atoms with Crippen molar-refractivity contribution in [3.05, 3.63) is 84.4 Å². The number of carbonyl (C=O) groups excluding carboxylic acids is 2. The normalized spacial score (nSPS) is 11.6. The van der Waals surface area contributed by atoms with Gasteiger partial charge in [0.15, 0.2) is 6.61 Å². The predicted molar refractivity (Wildman–Crippen MR) is 147 cm³/mol. The molecule has 1 N–H and O–H groups in total. The summed E-state index contributed by atoms with van der Waals surface area (Å²) in [7, 11) is -2.57. The van der Waals surface area contributed by atoms with E-state index in [0.29, 0.717) is 22.7 Å².